The summed E-state index contributed by atoms with van der Waals surface area (Å²) in [4.78, 5) is 8.07. The SMILES string of the molecule is CCN(c1ccccc1-c1ccc(-c2cnc(N)cn2)c(F)c1)[S+](C)[O-]. The molecule has 134 valence electrons. The van der Waals surface area contributed by atoms with Crippen LogP contribution in [0.3, 0.4) is 0 Å². The summed E-state index contributed by atoms with van der Waals surface area (Å²) in [5.74, 6) is -0.121. The maximum Gasteiger partial charge on any atom is 0.141 e. The lowest BCUT2D eigenvalue weighted by molar-refractivity contribution is 0.597. The van der Waals surface area contributed by atoms with Gasteiger partial charge in [0.2, 0.25) is 0 Å². The number of para-hydroxylation sites is 1. The van der Waals surface area contributed by atoms with E-state index in [1.54, 1.807) is 16.6 Å². The first-order valence-corrected chi connectivity index (χ1v) is 9.60. The second-order valence-electron chi connectivity index (χ2n) is 5.66. The standard InChI is InChI=1S/C19H19FN4OS/c1-3-24(26(2)25)18-7-5-4-6-14(18)13-8-9-15(16(20)10-13)17-11-23-19(21)12-22-17/h4-12H,3H2,1-2H3,(H2,21,23). The van der Waals surface area contributed by atoms with E-state index < -0.39 is 17.2 Å². The zero-order valence-electron chi connectivity index (χ0n) is 14.5. The summed E-state index contributed by atoms with van der Waals surface area (Å²) in [6.07, 6.45) is 4.47. The van der Waals surface area contributed by atoms with Gasteiger partial charge in [0.05, 0.1) is 41.7 Å². The normalized spacial score (nSPS) is 12.0. The Hall–Kier alpha value is -2.64. The first-order chi connectivity index (χ1) is 12.5. The van der Waals surface area contributed by atoms with Gasteiger partial charge in [-0.2, -0.15) is 4.31 Å². The van der Waals surface area contributed by atoms with Crippen LogP contribution in [0.1, 0.15) is 6.92 Å². The predicted octanol–water partition coefficient (Wildman–Crippen LogP) is 3.65. The summed E-state index contributed by atoms with van der Waals surface area (Å²) >= 11 is -1.17. The topological polar surface area (TPSA) is 78.1 Å². The minimum atomic E-state index is -1.17. The molecular formula is C19H19FN4OS. The van der Waals surface area contributed by atoms with Crippen molar-refractivity contribution in [2.75, 3.05) is 22.8 Å². The Morgan fingerprint density at radius 1 is 1.12 bits per heavy atom. The monoisotopic (exact) mass is 370 g/mol. The highest BCUT2D eigenvalue weighted by Crippen LogP contribution is 2.34. The molecule has 2 N–H and O–H groups in total. The van der Waals surface area contributed by atoms with Crippen LogP contribution < -0.4 is 10.0 Å². The van der Waals surface area contributed by atoms with Crippen LogP contribution in [-0.2, 0) is 11.4 Å². The van der Waals surface area contributed by atoms with E-state index in [0.29, 0.717) is 23.4 Å². The maximum absolute atomic E-state index is 14.7. The van der Waals surface area contributed by atoms with Crippen molar-refractivity contribution in [2.45, 2.75) is 6.92 Å². The van der Waals surface area contributed by atoms with Crippen LogP contribution in [0.2, 0.25) is 0 Å². The molecule has 0 aliphatic heterocycles. The predicted molar refractivity (Wildman–Crippen MR) is 104 cm³/mol. The molecule has 1 aromatic heterocycles. The Morgan fingerprint density at radius 3 is 2.50 bits per heavy atom. The minimum absolute atomic E-state index is 0.284. The van der Waals surface area contributed by atoms with Gasteiger partial charge in [0.25, 0.3) is 0 Å². The molecule has 3 rings (SSSR count). The average molecular weight is 370 g/mol. The molecule has 0 saturated heterocycles. The van der Waals surface area contributed by atoms with Crippen LogP contribution in [0, 0.1) is 5.82 Å². The highest BCUT2D eigenvalue weighted by atomic mass is 32.2. The third kappa shape index (κ3) is 3.63. The fourth-order valence-corrected chi connectivity index (χ4v) is 3.59. The second kappa shape index (κ2) is 7.72. The molecule has 0 fully saturated rings. The Balaban J connectivity index is 2.04. The molecule has 0 bridgehead atoms. The molecular weight excluding hydrogens is 351 g/mol. The summed E-state index contributed by atoms with van der Waals surface area (Å²) in [6.45, 7) is 2.52. The molecule has 0 aliphatic rings. The molecule has 26 heavy (non-hydrogen) atoms. The molecule has 7 heteroatoms. The quantitative estimate of drug-likeness (QED) is 0.694. The van der Waals surface area contributed by atoms with Crippen molar-refractivity contribution in [1.82, 2.24) is 9.97 Å². The number of aromatic nitrogens is 2. The Labute approximate surface area is 155 Å². The zero-order chi connectivity index (χ0) is 18.7. The molecule has 1 unspecified atom stereocenters. The molecule has 0 radical (unpaired) electrons. The van der Waals surface area contributed by atoms with Crippen molar-refractivity contribution < 1.29 is 8.94 Å². The van der Waals surface area contributed by atoms with Crippen LogP contribution in [0.15, 0.2) is 54.9 Å². The largest absolute Gasteiger partial charge is 0.593 e. The van der Waals surface area contributed by atoms with E-state index in [1.165, 1.54) is 18.5 Å². The number of anilines is 2. The fourth-order valence-electron chi connectivity index (χ4n) is 2.79. The van der Waals surface area contributed by atoms with E-state index in [0.717, 1.165) is 11.3 Å². The molecule has 5 nitrogen and oxygen atoms in total. The van der Waals surface area contributed by atoms with Gasteiger partial charge in [0, 0.05) is 11.1 Å². The Kier molecular flexibility index (Phi) is 5.39. The number of benzene rings is 2. The minimum Gasteiger partial charge on any atom is -0.593 e. The lowest BCUT2D eigenvalue weighted by atomic mass is 10.0. The van der Waals surface area contributed by atoms with Gasteiger partial charge in [-0.1, -0.05) is 24.3 Å². The molecule has 0 amide bonds. The molecule has 3 aromatic rings. The number of nitrogen functional groups attached to an aromatic ring is 1. The fraction of sp³-hybridized carbons (Fsp3) is 0.158. The van der Waals surface area contributed by atoms with Crippen molar-refractivity contribution in [3.8, 4) is 22.4 Å². The van der Waals surface area contributed by atoms with Crippen LogP contribution in [0.25, 0.3) is 22.4 Å². The summed E-state index contributed by atoms with van der Waals surface area (Å²) < 4.78 is 28.5. The van der Waals surface area contributed by atoms with Gasteiger partial charge in [-0.15, -0.1) is 0 Å². The third-order valence-electron chi connectivity index (χ3n) is 4.00. The van der Waals surface area contributed by atoms with E-state index >= 15 is 0 Å². The van der Waals surface area contributed by atoms with E-state index in [-0.39, 0.29) is 5.82 Å². The maximum atomic E-state index is 14.7. The van der Waals surface area contributed by atoms with E-state index in [9.17, 15) is 8.94 Å². The van der Waals surface area contributed by atoms with Gasteiger partial charge < -0.3 is 10.3 Å². The van der Waals surface area contributed by atoms with Gasteiger partial charge in [-0.05, 0) is 30.7 Å². The number of rotatable bonds is 5. The van der Waals surface area contributed by atoms with Crippen molar-refractivity contribution >= 4 is 22.9 Å². The summed E-state index contributed by atoms with van der Waals surface area (Å²) in [5.41, 5.74) is 8.62. The van der Waals surface area contributed by atoms with Gasteiger partial charge in [0.1, 0.15) is 17.9 Å². The number of nitrogens with zero attached hydrogens (tertiary/aromatic N) is 3. The molecule has 0 saturated carbocycles. The zero-order valence-corrected chi connectivity index (χ0v) is 15.3. The highest BCUT2D eigenvalue weighted by molar-refractivity contribution is 7.92. The van der Waals surface area contributed by atoms with Crippen LogP contribution in [-0.4, -0.2) is 27.3 Å². The van der Waals surface area contributed by atoms with Crippen LogP contribution in [0.5, 0.6) is 0 Å². The summed E-state index contributed by atoms with van der Waals surface area (Å²) in [6, 6.07) is 12.5. The lowest BCUT2D eigenvalue weighted by Crippen LogP contribution is -2.29. The molecule has 2 aromatic carbocycles. The molecule has 1 heterocycles. The number of hydrogen-bond donors (Lipinski definition) is 1. The lowest BCUT2D eigenvalue weighted by Gasteiger charge is -2.24. The number of halogens is 1. The number of hydrogen-bond acceptors (Lipinski definition) is 5. The summed E-state index contributed by atoms with van der Waals surface area (Å²) in [7, 11) is 0. The van der Waals surface area contributed by atoms with E-state index in [1.807, 2.05) is 37.3 Å². The average Bonchev–Trinajstić information content (AvgIpc) is 2.63. The van der Waals surface area contributed by atoms with E-state index in [4.69, 9.17) is 5.73 Å². The van der Waals surface area contributed by atoms with Gasteiger partial charge >= 0.3 is 0 Å². The van der Waals surface area contributed by atoms with Gasteiger partial charge in [0.15, 0.2) is 0 Å². The Bertz CT molecular complexity index is 902. The first kappa shape index (κ1) is 18.2. The van der Waals surface area contributed by atoms with Crippen molar-refractivity contribution in [3.05, 3.63) is 60.7 Å². The van der Waals surface area contributed by atoms with Gasteiger partial charge in [-0.25, -0.2) is 9.37 Å². The van der Waals surface area contributed by atoms with Crippen molar-refractivity contribution in [1.29, 1.82) is 0 Å². The van der Waals surface area contributed by atoms with Crippen LogP contribution >= 0.6 is 0 Å². The van der Waals surface area contributed by atoms with E-state index in [2.05, 4.69) is 9.97 Å². The first-order valence-electron chi connectivity index (χ1n) is 8.09. The molecule has 0 spiro atoms. The number of nitrogens with two attached hydrogens (primary N) is 1. The highest BCUT2D eigenvalue weighted by Gasteiger charge is 2.19. The van der Waals surface area contributed by atoms with Crippen LogP contribution in [0.4, 0.5) is 15.9 Å². The second-order valence-corrected chi connectivity index (χ2v) is 6.95. The molecule has 1 atom stereocenters. The Morgan fingerprint density at radius 2 is 1.88 bits per heavy atom. The van der Waals surface area contributed by atoms with Crippen molar-refractivity contribution in [2.24, 2.45) is 0 Å². The summed E-state index contributed by atoms with van der Waals surface area (Å²) in [5, 5.41) is 0. The molecule has 0 aliphatic carbocycles. The van der Waals surface area contributed by atoms with Crippen molar-refractivity contribution in [3.63, 3.8) is 0 Å². The smallest absolute Gasteiger partial charge is 0.141 e. The third-order valence-corrected chi connectivity index (χ3v) is 5.07. The van der Waals surface area contributed by atoms with Gasteiger partial charge in [-0.3, -0.25) is 4.98 Å².